The maximum atomic E-state index is 6.07. The van der Waals surface area contributed by atoms with Gasteiger partial charge < -0.3 is 9.26 Å². The molecule has 2 aromatic heterocycles. The molecule has 6 nitrogen and oxygen atoms in total. The molecule has 0 aliphatic carbocycles. The van der Waals surface area contributed by atoms with Crippen LogP contribution in [-0.4, -0.2) is 39.2 Å². The van der Waals surface area contributed by atoms with Gasteiger partial charge in [-0.1, -0.05) is 19.0 Å². The molecule has 2 aromatic rings. The molecule has 1 atom stereocenters. The van der Waals surface area contributed by atoms with Gasteiger partial charge in [-0.2, -0.15) is 4.98 Å². The normalized spacial score (nSPS) is 19.0. The molecule has 3 rings (SSSR count). The molecule has 0 radical (unpaired) electrons. The lowest BCUT2D eigenvalue weighted by Crippen LogP contribution is -2.24. The van der Waals surface area contributed by atoms with Crippen molar-refractivity contribution in [1.29, 1.82) is 0 Å². The van der Waals surface area contributed by atoms with Gasteiger partial charge in [0.15, 0.2) is 5.82 Å². The summed E-state index contributed by atoms with van der Waals surface area (Å²) in [5.41, 5.74) is 1.07. The Morgan fingerprint density at radius 2 is 2.32 bits per heavy atom. The summed E-state index contributed by atoms with van der Waals surface area (Å²) in [5.74, 6) is 2.67. The minimum Gasteiger partial charge on any atom is -0.489 e. The fraction of sp³-hybridized carbons (Fsp3) is 0.562. The summed E-state index contributed by atoms with van der Waals surface area (Å²) in [7, 11) is 0. The first-order valence-corrected chi connectivity index (χ1v) is 7.74. The average Bonchev–Trinajstić information content (AvgIpc) is 3.12. The molecular formula is C16H22N4O2. The third-order valence-electron chi connectivity index (χ3n) is 3.85. The quantitative estimate of drug-likeness (QED) is 0.845. The molecule has 0 N–H and O–H groups in total. The van der Waals surface area contributed by atoms with Gasteiger partial charge in [0.05, 0.1) is 6.54 Å². The first-order chi connectivity index (χ1) is 10.6. The van der Waals surface area contributed by atoms with Crippen LogP contribution < -0.4 is 4.74 Å². The number of rotatable bonds is 5. The van der Waals surface area contributed by atoms with Gasteiger partial charge in [-0.25, -0.2) is 0 Å². The first-order valence-electron chi connectivity index (χ1n) is 7.74. The summed E-state index contributed by atoms with van der Waals surface area (Å²) in [6.45, 7) is 8.68. The highest BCUT2D eigenvalue weighted by Gasteiger charge is 2.26. The van der Waals surface area contributed by atoms with Crippen LogP contribution in [0, 0.1) is 6.92 Å². The smallest absolute Gasteiger partial charge is 0.240 e. The summed E-state index contributed by atoms with van der Waals surface area (Å²) < 4.78 is 11.4. The molecule has 118 valence electrons. The van der Waals surface area contributed by atoms with Gasteiger partial charge in [0, 0.05) is 37.0 Å². The van der Waals surface area contributed by atoms with E-state index in [1.165, 1.54) is 0 Å². The lowest BCUT2D eigenvalue weighted by atomic mass is 10.2. The van der Waals surface area contributed by atoms with E-state index in [0.29, 0.717) is 18.4 Å². The maximum absolute atomic E-state index is 6.07. The van der Waals surface area contributed by atoms with Crippen LogP contribution in [0.1, 0.15) is 43.5 Å². The largest absolute Gasteiger partial charge is 0.489 e. The van der Waals surface area contributed by atoms with E-state index in [1.54, 1.807) is 6.20 Å². The number of likely N-dealkylation sites (tertiary alicyclic amines) is 1. The van der Waals surface area contributed by atoms with E-state index >= 15 is 0 Å². The lowest BCUT2D eigenvalue weighted by Gasteiger charge is -2.16. The van der Waals surface area contributed by atoms with Gasteiger partial charge in [0.2, 0.25) is 5.89 Å². The van der Waals surface area contributed by atoms with Crippen LogP contribution in [0.25, 0.3) is 0 Å². The number of aryl methyl sites for hydroxylation is 1. The van der Waals surface area contributed by atoms with E-state index in [-0.39, 0.29) is 6.10 Å². The Kier molecular flexibility index (Phi) is 4.38. The summed E-state index contributed by atoms with van der Waals surface area (Å²) in [4.78, 5) is 10.8. The van der Waals surface area contributed by atoms with Crippen molar-refractivity contribution in [3.63, 3.8) is 0 Å². The fourth-order valence-electron chi connectivity index (χ4n) is 2.57. The predicted molar refractivity (Wildman–Crippen MR) is 81.7 cm³/mol. The zero-order valence-corrected chi connectivity index (χ0v) is 13.3. The van der Waals surface area contributed by atoms with Gasteiger partial charge in [-0.3, -0.25) is 9.88 Å². The van der Waals surface area contributed by atoms with Crippen LogP contribution in [0.4, 0.5) is 0 Å². The van der Waals surface area contributed by atoms with Crippen molar-refractivity contribution in [2.75, 3.05) is 13.1 Å². The summed E-state index contributed by atoms with van der Waals surface area (Å²) in [6.07, 6.45) is 4.80. The average molecular weight is 302 g/mol. The van der Waals surface area contributed by atoms with E-state index in [1.807, 2.05) is 19.2 Å². The van der Waals surface area contributed by atoms with E-state index in [2.05, 4.69) is 33.9 Å². The van der Waals surface area contributed by atoms with Crippen LogP contribution in [0.2, 0.25) is 0 Å². The topological polar surface area (TPSA) is 64.3 Å². The molecule has 0 spiro atoms. The molecule has 1 fully saturated rings. The summed E-state index contributed by atoms with van der Waals surface area (Å²) in [5, 5.41) is 4.01. The van der Waals surface area contributed by atoms with Crippen molar-refractivity contribution in [2.24, 2.45) is 0 Å². The van der Waals surface area contributed by atoms with Crippen LogP contribution in [0.3, 0.4) is 0 Å². The van der Waals surface area contributed by atoms with Crippen molar-refractivity contribution in [2.45, 2.75) is 45.8 Å². The number of nitrogens with zero attached hydrogens (tertiary/aromatic N) is 4. The predicted octanol–water partition coefficient (Wildman–Crippen LogP) is 2.55. The minimum atomic E-state index is 0.202. The first kappa shape index (κ1) is 15.0. The van der Waals surface area contributed by atoms with E-state index in [4.69, 9.17) is 9.26 Å². The van der Waals surface area contributed by atoms with Crippen molar-refractivity contribution in [1.82, 2.24) is 20.0 Å². The zero-order chi connectivity index (χ0) is 15.5. The van der Waals surface area contributed by atoms with Gasteiger partial charge in [0.1, 0.15) is 11.9 Å². The van der Waals surface area contributed by atoms with Crippen LogP contribution in [0.15, 0.2) is 23.0 Å². The van der Waals surface area contributed by atoms with Crippen molar-refractivity contribution in [3.8, 4) is 5.75 Å². The second-order valence-corrected chi connectivity index (χ2v) is 6.11. The molecular weight excluding hydrogens is 280 g/mol. The molecule has 1 unspecified atom stereocenters. The molecule has 1 aliphatic rings. The second-order valence-electron chi connectivity index (χ2n) is 6.11. The fourth-order valence-corrected chi connectivity index (χ4v) is 2.57. The van der Waals surface area contributed by atoms with Gasteiger partial charge in [-0.05, 0) is 19.4 Å². The molecule has 0 aromatic carbocycles. The van der Waals surface area contributed by atoms with Crippen molar-refractivity contribution < 1.29 is 9.26 Å². The molecule has 0 saturated carbocycles. The Hall–Kier alpha value is -1.95. The number of ether oxygens (including phenoxy) is 1. The van der Waals surface area contributed by atoms with Crippen LogP contribution in [-0.2, 0) is 6.54 Å². The highest BCUT2D eigenvalue weighted by Crippen LogP contribution is 2.22. The number of pyridine rings is 1. The van der Waals surface area contributed by atoms with Gasteiger partial charge >= 0.3 is 0 Å². The van der Waals surface area contributed by atoms with Crippen LogP contribution in [0.5, 0.6) is 5.75 Å². The summed E-state index contributed by atoms with van der Waals surface area (Å²) in [6, 6.07) is 1.92. The summed E-state index contributed by atoms with van der Waals surface area (Å²) >= 11 is 0. The second kappa shape index (κ2) is 6.44. The molecule has 1 aliphatic heterocycles. The van der Waals surface area contributed by atoms with Gasteiger partial charge in [0.25, 0.3) is 0 Å². The third kappa shape index (κ3) is 3.44. The Bertz CT molecular complexity index is 626. The Morgan fingerprint density at radius 1 is 1.45 bits per heavy atom. The van der Waals surface area contributed by atoms with Gasteiger partial charge in [-0.15, -0.1) is 0 Å². The Labute approximate surface area is 130 Å². The number of hydrogen-bond acceptors (Lipinski definition) is 6. The highest BCUT2D eigenvalue weighted by atomic mass is 16.5. The number of aromatic nitrogens is 3. The standard InChI is InChI=1S/C16H22N4O2/c1-11(2)16-18-15(22-19-16)10-20-7-5-13(9-20)21-14-4-6-17-8-12(14)3/h4,6,8,11,13H,5,7,9-10H2,1-3H3. The minimum absolute atomic E-state index is 0.202. The Balaban J connectivity index is 1.55. The van der Waals surface area contributed by atoms with Crippen molar-refractivity contribution in [3.05, 3.63) is 35.7 Å². The van der Waals surface area contributed by atoms with E-state index in [0.717, 1.165) is 36.6 Å². The Morgan fingerprint density at radius 3 is 3.05 bits per heavy atom. The van der Waals surface area contributed by atoms with Crippen molar-refractivity contribution >= 4 is 0 Å². The van der Waals surface area contributed by atoms with E-state index in [9.17, 15) is 0 Å². The third-order valence-corrected chi connectivity index (χ3v) is 3.85. The highest BCUT2D eigenvalue weighted by molar-refractivity contribution is 5.28. The molecule has 1 saturated heterocycles. The van der Waals surface area contributed by atoms with E-state index < -0.39 is 0 Å². The molecule has 0 amide bonds. The van der Waals surface area contributed by atoms with Crippen LogP contribution >= 0.6 is 0 Å². The lowest BCUT2D eigenvalue weighted by molar-refractivity contribution is 0.189. The molecule has 22 heavy (non-hydrogen) atoms. The zero-order valence-electron chi connectivity index (χ0n) is 13.3. The SMILES string of the molecule is Cc1cnccc1OC1CCN(Cc2nc(C(C)C)no2)C1. The molecule has 6 heteroatoms. The molecule has 0 bridgehead atoms. The monoisotopic (exact) mass is 302 g/mol. The number of hydrogen-bond donors (Lipinski definition) is 0. The molecule has 3 heterocycles. The maximum Gasteiger partial charge on any atom is 0.240 e.